The predicted molar refractivity (Wildman–Crippen MR) is 51.7 cm³/mol. The van der Waals surface area contributed by atoms with Gasteiger partial charge in [-0.25, -0.2) is 4.79 Å². The smallest absolute Gasteiger partial charge is 0.455 e. The molecular formula is C9H13F3O2S. The third kappa shape index (κ3) is 3.59. The number of halogens is 3. The quantitative estimate of drug-likeness (QED) is 0.696. The number of ether oxygens (including phenoxy) is 1. The molecule has 2 atom stereocenters. The summed E-state index contributed by atoms with van der Waals surface area (Å²) in [6.45, 7) is 0. The number of carbonyl (C=O) groups excluding carboxylic acids is 1. The molecule has 2 nitrogen and oxygen atoms in total. The van der Waals surface area contributed by atoms with Crippen molar-refractivity contribution in [1.29, 1.82) is 0 Å². The molecule has 0 saturated heterocycles. The predicted octanol–water partition coefficient (Wildman–Crippen LogP) is 2.77. The molecule has 6 heteroatoms. The van der Waals surface area contributed by atoms with Crippen LogP contribution in [0.3, 0.4) is 0 Å². The van der Waals surface area contributed by atoms with E-state index in [1.807, 2.05) is 6.26 Å². The van der Waals surface area contributed by atoms with Crippen LogP contribution in [-0.2, 0) is 9.53 Å². The molecule has 15 heavy (non-hydrogen) atoms. The molecule has 0 amide bonds. The van der Waals surface area contributed by atoms with E-state index in [0.717, 1.165) is 19.3 Å². The first-order chi connectivity index (χ1) is 6.95. The van der Waals surface area contributed by atoms with E-state index in [2.05, 4.69) is 4.74 Å². The van der Waals surface area contributed by atoms with E-state index in [9.17, 15) is 18.0 Å². The zero-order chi connectivity index (χ0) is 11.5. The number of hydrogen-bond donors (Lipinski definition) is 0. The first-order valence-electron chi connectivity index (χ1n) is 4.75. The second kappa shape index (κ2) is 5.09. The van der Waals surface area contributed by atoms with Gasteiger partial charge >= 0.3 is 12.1 Å². The molecule has 0 heterocycles. The lowest BCUT2D eigenvalue weighted by atomic mass is 9.97. The van der Waals surface area contributed by atoms with E-state index < -0.39 is 18.2 Å². The summed E-state index contributed by atoms with van der Waals surface area (Å²) in [5, 5.41) is 0.00468. The van der Waals surface area contributed by atoms with Crippen LogP contribution in [0.5, 0.6) is 0 Å². The van der Waals surface area contributed by atoms with Gasteiger partial charge in [0.05, 0.1) is 0 Å². The average Bonchev–Trinajstić information content (AvgIpc) is 2.17. The Kier molecular flexibility index (Phi) is 4.31. The van der Waals surface area contributed by atoms with Gasteiger partial charge in [-0.05, 0) is 25.5 Å². The highest BCUT2D eigenvalue weighted by Gasteiger charge is 2.43. The van der Waals surface area contributed by atoms with Gasteiger partial charge in [0.2, 0.25) is 0 Å². The van der Waals surface area contributed by atoms with Crippen molar-refractivity contribution >= 4 is 17.7 Å². The summed E-state index contributed by atoms with van der Waals surface area (Å²) in [6, 6.07) is 0. The molecule has 1 saturated carbocycles. The Labute approximate surface area is 90.5 Å². The molecule has 0 radical (unpaired) electrons. The topological polar surface area (TPSA) is 26.3 Å². The Morgan fingerprint density at radius 1 is 1.33 bits per heavy atom. The van der Waals surface area contributed by atoms with Gasteiger partial charge in [-0.2, -0.15) is 24.9 Å². The van der Waals surface area contributed by atoms with Crippen LogP contribution in [0, 0.1) is 0 Å². The monoisotopic (exact) mass is 242 g/mol. The van der Waals surface area contributed by atoms with E-state index in [-0.39, 0.29) is 5.25 Å². The third-order valence-corrected chi connectivity index (χ3v) is 3.58. The third-order valence-electron chi connectivity index (χ3n) is 2.43. The summed E-state index contributed by atoms with van der Waals surface area (Å²) < 4.78 is 40.3. The van der Waals surface area contributed by atoms with Crippen LogP contribution in [0.1, 0.15) is 25.7 Å². The molecule has 0 spiro atoms. The van der Waals surface area contributed by atoms with E-state index >= 15 is 0 Å². The van der Waals surface area contributed by atoms with Crippen LogP contribution in [0.4, 0.5) is 13.2 Å². The van der Waals surface area contributed by atoms with Gasteiger partial charge < -0.3 is 4.74 Å². The molecule has 0 aromatic rings. The summed E-state index contributed by atoms with van der Waals surface area (Å²) in [6.07, 6.45) is -0.462. The SMILES string of the molecule is CS[C@@H]1CCCC[C@H]1OC(=O)C(F)(F)F. The molecule has 0 aliphatic heterocycles. The first-order valence-corrected chi connectivity index (χ1v) is 6.04. The van der Waals surface area contributed by atoms with Gasteiger partial charge in [-0.15, -0.1) is 0 Å². The standard InChI is InChI=1S/C9H13F3O2S/c1-15-7-5-3-2-4-6(7)14-8(13)9(10,11)12/h6-7H,2-5H2,1H3/t6-,7-/m1/s1. The fourth-order valence-corrected chi connectivity index (χ4v) is 2.57. The van der Waals surface area contributed by atoms with Crippen molar-refractivity contribution in [2.24, 2.45) is 0 Å². The van der Waals surface area contributed by atoms with Crippen LogP contribution >= 0.6 is 11.8 Å². The molecule has 0 N–H and O–H groups in total. The second-order valence-electron chi connectivity index (χ2n) is 3.50. The highest BCUT2D eigenvalue weighted by Crippen LogP contribution is 2.31. The molecule has 1 fully saturated rings. The Bertz CT molecular complexity index is 230. The summed E-state index contributed by atoms with van der Waals surface area (Å²) in [5.41, 5.74) is 0. The van der Waals surface area contributed by atoms with Gasteiger partial charge in [-0.1, -0.05) is 6.42 Å². The number of rotatable bonds is 2. The van der Waals surface area contributed by atoms with E-state index in [0.29, 0.717) is 6.42 Å². The molecule has 0 bridgehead atoms. The maximum atomic E-state index is 12.0. The number of hydrogen-bond acceptors (Lipinski definition) is 3. The lowest BCUT2D eigenvalue weighted by Crippen LogP contribution is -2.37. The molecule has 1 aliphatic rings. The maximum absolute atomic E-state index is 12.0. The summed E-state index contributed by atoms with van der Waals surface area (Å²) in [7, 11) is 0. The second-order valence-corrected chi connectivity index (χ2v) is 4.58. The Morgan fingerprint density at radius 3 is 2.47 bits per heavy atom. The summed E-state index contributed by atoms with van der Waals surface area (Å²) in [4.78, 5) is 10.6. The lowest BCUT2D eigenvalue weighted by Gasteiger charge is -2.29. The van der Waals surface area contributed by atoms with E-state index in [4.69, 9.17) is 0 Å². The zero-order valence-electron chi connectivity index (χ0n) is 8.34. The Balaban J connectivity index is 2.52. The molecule has 0 aromatic carbocycles. The van der Waals surface area contributed by atoms with Crippen molar-refractivity contribution < 1.29 is 22.7 Å². The van der Waals surface area contributed by atoms with Crippen molar-refractivity contribution in [3.8, 4) is 0 Å². The molecule has 1 aliphatic carbocycles. The van der Waals surface area contributed by atoms with Gasteiger partial charge in [0, 0.05) is 5.25 Å². The lowest BCUT2D eigenvalue weighted by molar-refractivity contribution is -0.205. The van der Waals surface area contributed by atoms with E-state index in [1.54, 1.807) is 0 Å². The first kappa shape index (κ1) is 12.7. The fraction of sp³-hybridized carbons (Fsp3) is 0.889. The number of esters is 1. The summed E-state index contributed by atoms with van der Waals surface area (Å²) >= 11 is 1.46. The van der Waals surface area contributed by atoms with Crippen LogP contribution in [-0.4, -0.2) is 29.8 Å². The fourth-order valence-electron chi connectivity index (χ4n) is 1.67. The Hall–Kier alpha value is -0.390. The molecule has 1 rings (SSSR count). The van der Waals surface area contributed by atoms with Gasteiger partial charge in [-0.3, -0.25) is 0 Å². The minimum absolute atomic E-state index is 0.00468. The minimum atomic E-state index is -4.87. The van der Waals surface area contributed by atoms with E-state index in [1.165, 1.54) is 11.8 Å². The van der Waals surface area contributed by atoms with Crippen molar-refractivity contribution in [3.05, 3.63) is 0 Å². The van der Waals surface area contributed by atoms with Gasteiger partial charge in [0.25, 0.3) is 0 Å². The molecule has 88 valence electrons. The molecular weight excluding hydrogens is 229 g/mol. The zero-order valence-corrected chi connectivity index (χ0v) is 9.16. The highest BCUT2D eigenvalue weighted by atomic mass is 32.2. The van der Waals surface area contributed by atoms with Gasteiger partial charge in [0.15, 0.2) is 0 Å². The number of thioether (sulfide) groups is 1. The van der Waals surface area contributed by atoms with Crippen LogP contribution in [0.25, 0.3) is 0 Å². The van der Waals surface area contributed by atoms with Crippen molar-refractivity contribution in [1.82, 2.24) is 0 Å². The maximum Gasteiger partial charge on any atom is 0.490 e. The van der Waals surface area contributed by atoms with Crippen LogP contribution in [0.2, 0.25) is 0 Å². The Morgan fingerprint density at radius 2 is 1.93 bits per heavy atom. The van der Waals surface area contributed by atoms with Crippen molar-refractivity contribution in [3.63, 3.8) is 0 Å². The average molecular weight is 242 g/mol. The molecule has 0 aromatic heterocycles. The number of alkyl halides is 3. The van der Waals surface area contributed by atoms with Crippen molar-refractivity contribution in [2.75, 3.05) is 6.26 Å². The number of carbonyl (C=O) groups is 1. The highest BCUT2D eigenvalue weighted by molar-refractivity contribution is 7.99. The van der Waals surface area contributed by atoms with Crippen LogP contribution in [0.15, 0.2) is 0 Å². The summed E-state index contributed by atoms with van der Waals surface area (Å²) in [5.74, 6) is -2.06. The van der Waals surface area contributed by atoms with Crippen LogP contribution < -0.4 is 0 Å². The molecule has 0 unspecified atom stereocenters. The van der Waals surface area contributed by atoms with Crippen molar-refractivity contribution in [2.45, 2.75) is 43.2 Å². The largest absolute Gasteiger partial charge is 0.490 e. The normalized spacial score (nSPS) is 27.5. The minimum Gasteiger partial charge on any atom is -0.455 e. The van der Waals surface area contributed by atoms with Gasteiger partial charge in [0.1, 0.15) is 6.10 Å².